The van der Waals surface area contributed by atoms with Crippen molar-refractivity contribution in [3.63, 3.8) is 0 Å². The average molecular weight is 571 g/mol. The lowest BCUT2D eigenvalue weighted by Crippen LogP contribution is -2.28. The van der Waals surface area contributed by atoms with Gasteiger partial charge < -0.3 is 5.32 Å². The van der Waals surface area contributed by atoms with Gasteiger partial charge in [-0.15, -0.1) is 0 Å². The molecule has 0 aliphatic rings. The van der Waals surface area contributed by atoms with Crippen LogP contribution in [0.4, 0.5) is 51.1 Å². The van der Waals surface area contributed by atoms with Crippen LogP contribution in [0.25, 0.3) is 5.69 Å². The number of rotatable bonds is 3. The Kier molecular flexibility index (Phi) is 7.01. The zero-order valence-corrected chi connectivity index (χ0v) is 18.6. The van der Waals surface area contributed by atoms with Crippen molar-refractivity contribution in [2.45, 2.75) is 18.5 Å². The zero-order valence-electron chi connectivity index (χ0n) is 16.3. The lowest BCUT2D eigenvalue weighted by atomic mass is 10.1. The van der Waals surface area contributed by atoms with Crippen molar-refractivity contribution in [1.29, 1.82) is 0 Å². The summed E-state index contributed by atoms with van der Waals surface area (Å²) >= 11 is 17.3. The molecule has 1 aromatic heterocycles. The minimum Gasteiger partial charge on any atom is -0.325 e. The summed E-state index contributed by atoms with van der Waals surface area (Å²) in [7, 11) is 0. The van der Waals surface area contributed by atoms with E-state index in [-0.39, 0.29) is 27.9 Å². The highest BCUT2D eigenvalue weighted by molar-refractivity contribution is 6.35. The molecule has 35 heavy (non-hydrogen) atoms. The normalized spacial score (nSPS) is 12.7. The average Bonchev–Trinajstić information content (AvgIpc) is 2.69. The highest BCUT2D eigenvalue weighted by Crippen LogP contribution is 2.41. The van der Waals surface area contributed by atoms with Gasteiger partial charge in [0, 0.05) is 5.02 Å². The van der Waals surface area contributed by atoms with Gasteiger partial charge in [0.2, 0.25) is 5.95 Å². The van der Waals surface area contributed by atoms with Gasteiger partial charge in [-0.3, -0.25) is 4.79 Å². The van der Waals surface area contributed by atoms with Crippen molar-refractivity contribution in [2.24, 2.45) is 0 Å². The summed E-state index contributed by atoms with van der Waals surface area (Å²) in [4.78, 5) is 15.9. The first-order valence-electron chi connectivity index (χ1n) is 8.82. The number of hydrogen-bond donors (Lipinski definition) is 1. The quantitative estimate of drug-likeness (QED) is 0.325. The van der Waals surface area contributed by atoms with Crippen LogP contribution in [-0.4, -0.2) is 9.55 Å². The number of nitrogens with one attached hydrogen (secondary N) is 1. The van der Waals surface area contributed by atoms with Gasteiger partial charge in [-0.2, -0.15) is 39.5 Å². The molecule has 1 heterocycles. The van der Waals surface area contributed by atoms with Crippen LogP contribution >= 0.6 is 34.8 Å². The summed E-state index contributed by atoms with van der Waals surface area (Å²) < 4.78 is 120. The van der Waals surface area contributed by atoms with E-state index in [2.05, 4.69) is 4.98 Å². The molecule has 0 radical (unpaired) electrons. The first-order valence-corrected chi connectivity index (χ1v) is 9.95. The Bertz CT molecular complexity index is 1350. The van der Waals surface area contributed by atoms with Crippen molar-refractivity contribution in [3.8, 4) is 5.69 Å². The molecule has 3 aromatic rings. The predicted molar refractivity (Wildman–Crippen MR) is 110 cm³/mol. The monoisotopic (exact) mass is 569 g/mol. The van der Waals surface area contributed by atoms with Gasteiger partial charge in [0.1, 0.15) is 5.02 Å². The highest BCUT2D eigenvalue weighted by Gasteiger charge is 2.40. The molecule has 4 nitrogen and oxygen atoms in total. The minimum atomic E-state index is -5.38. The standard InChI is InChI=1S/C19H7Cl3F9N3O/c20-8-2-4-12(10(21)6-8)34-15(35)13(22)14(19(29,30)31)33-16(34)32-11-3-1-7(17(23,24)25)5-9(11)18(26,27)28/h1-6H,(H,32,33). The number of aromatic nitrogens is 2. The van der Waals surface area contributed by atoms with Crippen molar-refractivity contribution in [1.82, 2.24) is 9.55 Å². The molecular weight excluding hydrogens is 564 g/mol. The molecule has 188 valence electrons. The number of alkyl halides is 9. The van der Waals surface area contributed by atoms with Crippen molar-refractivity contribution < 1.29 is 39.5 Å². The van der Waals surface area contributed by atoms with Gasteiger partial charge in [-0.05, 0) is 36.4 Å². The van der Waals surface area contributed by atoms with Crippen LogP contribution in [0.5, 0.6) is 0 Å². The predicted octanol–water partition coefficient (Wildman–Crippen LogP) is 7.99. The van der Waals surface area contributed by atoms with Crippen LogP contribution in [0.3, 0.4) is 0 Å². The van der Waals surface area contributed by atoms with Crippen LogP contribution in [-0.2, 0) is 18.5 Å². The summed E-state index contributed by atoms with van der Waals surface area (Å²) in [6, 6.07) is 3.60. The topological polar surface area (TPSA) is 46.9 Å². The lowest BCUT2D eigenvalue weighted by Gasteiger charge is -2.20. The second kappa shape index (κ2) is 9.10. The largest absolute Gasteiger partial charge is 0.435 e. The second-order valence-electron chi connectivity index (χ2n) is 6.71. The Hall–Kier alpha value is -2.64. The third-order valence-corrected chi connectivity index (χ3v) is 5.22. The van der Waals surface area contributed by atoms with Crippen LogP contribution < -0.4 is 10.9 Å². The number of nitrogens with zero attached hydrogens (tertiary/aromatic N) is 2. The van der Waals surface area contributed by atoms with Crippen molar-refractivity contribution in [2.75, 3.05) is 5.32 Å². The molecule has 2 aromatic carbocycles. The Morgan fingerprint density at radius 3 is 1.94 bits per heavy atom. The molecule has 0 aliphatic carbocycles. The van der Waals surface area contributed by atoms with E-state index in [1.165, 1.54) is 0 Å². The maximum atomic E-state index is 13.5. The number of hydrogen-bond acceptors (Lipinski definition) is 3. The third-order valence-electron chi connectivity index (χ3n) is 4.35. The summed E-state index contributed by atoms with van der Waals surface area (Å²) in [5.74, 6) is -1.17. The van der Waals surface area contributed by atoms with E-state index < -0.39 is 57.6 Å². The Morgan fingerprint density at radius 1 is 0.800 bits per heavy atom. The van der Waals surface area contributed by atoms with Gasteiger partial charge in [-0.1, -0.05) is 34.8 Å². The molecule has 0 unspecified atom stereocenters. The zero-order chi connectivity index (χ0) is 26.5. The fourth-order valence-corrected chi connectivity index (χ4v) is 3.57. The van der Waals surface area contributed by atoms with E-state index in [1.54, 1.807) is 0 Å². The number of halogens is 12. The fraction of sp³-hybridized carbons (Fsp3) is 0.158. The fourth-order valence-electron chi connectivity index (χ4n) is 2.84. The van der Waals surface area contributed by atoms with Crippen molar-refractivity contribution in [3.05, 3.63) is 78.6 Å². The highest BCUT2D eigenvalue weighted by atomic mass is 35.5. The van der Waals surface area contributed by atoms with E-state index in [1.807, 2.05) is 5.32 Å². The smallest absolute Gasteiger partial charge is 0.325 e. The Balaban J connectivity index is 2.34. The molecule has 1 N–H and O–H groups in total. The maximum absolute atomic E-state index is 13.5. The van der Waals surface area contributed by atoms with E-state index in [9.17, 15) is 44.3 Å². The second-order valence-corrected chi connectivity index (χ2v) is 7.93. The Labute approximate surface area is 203 Å². The SMILES string of the molecule is O=c1c(Cl)c(C(F)(F)F)nc(Nc2ccc(C(F)(F)F)cc2C(F)(F)F)n1-c1ccc(Cl)cc1Cl. The molecule has 0 atom stereocenters. The van der Waals surface area contributed by atoms with Gasteiger partial charge in [-0.25, -0.2) is 9.55 Å². The van der Waals surface area contributed by atoms with E-state index >= 15 is 0 Å². The van der Waals surface area contributed by atoms with E-state index in [4.69, 9.17) is 34.8 Å². The molecule has 0 aliphatic heterocycles. The summed E-state index contributed by atoms with van der Waals surface area (Å²) in [5.41, 5.74) is -8.61. The van der Waals surface area contributed by atoms with Crippen LogP contribution in [0.1, 0.15) is 16.8 Å². The summed E-state index contributed by atoms with van der Waals surface area (Å²) in [6.45, 7) is 0. The molecule has 0 saturated carbocycles. The first-order chi connectivity index (χ1) is 15.9. The molecular formula is C19H7Cl3F9N3O. The first kappa shape index (κ1) is 27.0. The molecule has 0 spiro atoms. The minimum absolute atomic E-state index is 0.0365. The van der Waals surface area contributed by atoms with E-state index in [0.717, 1.165) is 18.2 Å². The van der Waals surface area contributed by atoms with Gasteiger partial charge in [0.25, 0.3) is 5.56 Å². The number of benzene rings is 2. The Morgan fingerprint density at radius 2 is 1.43 bits per heavy atom. The lowest BCUT2D eigenvalue weighted by molar-refractivity contribution is -0.143. The van der Waals surface area contributed by atoms with E-state index in [0.29, 0.717) is 10.6 Å². The summed E-state index contributed by atoms with van der Waals surface area (Å²) in [5, 5.41) is 0.135. The molecule has 0 amide bonds. The third kappa shape index (κ3) is 5.62. The molecule has 16 heteroatoms. The van der Waals surface area contributed by atoms with Gasteiger partial charge >= 0.3 is 18.5 Å². The van der Waals surface area contributed by atoms with Crippen molar-refractivity contribution >= 4 is 46.4 Å². The molecule has 0 fully saturated rings. The van der Waals surface area contributed by atoms with Crippen LogP contribution in [0, 0.1) is 0 Å². The van der Waals surface area contributed by atoms with Gasteiger partial charge in [0.15, 0.2) is 5.69 Å². The van der Waals surface area contributed by atoms with Gasteiger partial charge in [0.05, 0.1) is 27.5 Å². The van der Waals surface area contributed by atoms with Crippen LogP contribution in [0.2, 0.25) is 15.1 Å². The maximum Gasteiger partial charge on any atom is 0.435 e. The van der Waals surface area contributed by atoms with Crippen LogP contribution in [0.15, 0.2) is 41.2 Å². The molecule has 3 rings (SSSR count). The number of anilines is 2. The molecule has 0 saturated heterocycles. The summed E-state index contributed by atoms with van der Waals surface area (Å²) in [6.07, 6.45) is -15.9. The molecule has 0 bridgehead atoms.